The molecule has 3 aliphatic carbocycles. The van der Waals surface area contributed by atoms with Gasteiger partial charge in [0.05, 0.1) is 11.7 Å². The second kappa shape index (κ2) is 6.73. The largest absolute Gasteiger partial charge is 0.456 e. The molecule has 4 atom stereocenters. The zero-order valence-corrected chi connectivity index (χ0v) is 16.4. The lowest BCUT2D eigenvalue weighted by Crippen LogP contribution is -2.34. The summed E-state index contributed by atoms with van der Waals surface area (Å²) in [4.78, 5) is 13.1. The van der Waals surface area contributed by atoms with Gasteiger partial charge in [0, 0.05) is 11.8 Å². The highest BCUT2D eigenvalue weighted by molar-refractivity contribution is 6.05. The van der Waals surface area contributed by atoms with Gasteiger partial charge in [0.1, 0.15) is 5.60 Å². The molecular weight excluding hydrogens is 348 g/mol. The second-order valence-corrected chi connectivity index (χ2v) is 9.11. The summed E-state index contributed by atoms with van der Waals surface area (Å²) in [7, 11) is 0. The molecular formula is C25H28O3. The van der Waals surface area contributed by atoms with Crippen LogP contribution in [0, 0.1) is 11.8 Å². The molecule has 2 saturated carbocycles. The smallest absolute Gasteiger partial charge is 0.339 e. The number of ether oxygens (including phenoxy) is 1. The van der Waals surface area contributed by atoms with Gasteiger partial charge in [0.2, 0.25) is 0 Å². The van der Waals surface area contributed by atoms with Gasteiger partial charge in [-0.15, -0.1) is 0 Å². The van der Waals surface area contributed by atoms with E-state index in [0.717, 1.165) is 42.9 Å². The van der Waals surface area contributed by atoms with Crippen LogP contribution < -0.4 is 0 Å². The molecule has 0 aliphatic heterocycles. The average Bonchev–Trinajstić information content (AvgIpc) is 3.21. The van der Waals surface area contributed by atoms with Crippen molar-refractivity contribution < 1.29 is 14.6 Å². The number of carbonyl (C=O) groups is 1. The van der Waals surface area contributed by atoms with Crippen molar-refractivity contribution in [2.45, 2.75) is 63.1 Å². The fourth-order valence-corrected chi connectivity index (χ4v) is 5.68. The Bertz CT molecular complexity index is 938. The summed E-state index contributed by atoms with van der Waals surface area (Å²) in [6.07, 6.45) is 10.4. The van der Waals surface area contributed by atoms with Gasteiger partial charge in [0.15, 0.2) is 0 Å². The minimum Gasteiger partial charge on any atom is -0.456 e. The van der Waals surface area contributed by atoms with Crippen LogP contribution in [0.3, 0.4) is 0 Å². The van der Waals surface area contributed by atoms with Crippen LogP contribution in [0.2, 0.25) is 0 Å². The SMILES string of the molecule is CC1(OC(=O)c2cccc3c(C4CC5C=CC4C5O)cccc23)CCCCC1. The fraction of sp³-hybridized carbons (Fsp3) is 0.480. The first-order chi connectivity index (χ1) is 13.6. The van der Waals surface area contributed by atoms with Gasteiger partial charge in [-0.25, -0.2) is 4.79 Å². The van der Waals surface area contributed by atoms with Crippen molar-refractivity contribution in [1.82, 2.24) is 0 Å². The van der Waals surface area contributed by atoms with Crippen molar-refractivity contribution in [3.8, 4) is 0 Å². The maximum atomic E-state index is 13.1. The number of rotatable bonds is 3. The van der Waals surface area contributed by atoms with Crippen LogP contribution in [0.25, 0.3) is 10.8 Å². The summed E-state index contributed by atoms with van der Waals surface area (Å²) in [5, 5.41) is 12.5. The first kappa shape index (κ1) is 17.9. The van der Waals surface area contributed by atoms with Crippen LogP contribution in [-0.2, 0) is 4.74 Å². The summed E-state index contributed by atoms with van der Waals surface area (Å²) in [5.41, 5.74) is 1.56. The second-order valence-electron chi connectivity index (χ2n) is 9.11. The maximum absolute atomic E-state index is 13.1. The van der Waals surface area contributed by atoms with Crippen LogP contribution >= 0.6 is 0 Å². The maximum Gasteiger partial charge on any atom is 0.339 e. The summed E-state index contributed by atoms with van der Waals surface area (Å²) in [6.45, 7) is 2.07. The third-order valence-electron chi connectivity index (χ3n) is 7.23. The molecule has 2 bridgehead atoms. The Morgan fingerprint density at radius 2 is 1.79 bits per heavy atom. The van der Waals surface area contributed by atoms with E-state index in [1.807, 2.05) is 24.3 Å². The number of carbonyl (C=O) groups excluding carboxylic acids is 1. The van der Waals surface area contributed by atoms with Crippen LogP contribution in [0.15, 0.2) is 48.6 Å². The minimum atomic E-state index is -0.339. The highest BCUT2D eigenvalue weighted by atomic mass is 16.6. The van der Waals surface area contributed by atoms with Gasteiger partial charge < -0.3 is 9.84 Å². The Kier molecular flexibility index (Phi) is 4.31. The Labute approximate surface area is 166 Å². The summed E-state index contributed by atoms with van der Waals surface area (Å²) in [6, 6.07) is 12.2. The predicted octanol–water partition coefficient (Wildman–Crippen LogP) is 5.37. The van der Waals surface area contributed by atoms with E-state index in [2.05, 4.69) is 31.2 Å². The number of aliphatic hydroxyl groups is 1. The van der Waals surface area contributed by atoms with Crippen molar-refractivity contribution >= 4 is 16.7 Å². The molecule has 2 aromatic rings. The number of esters is 1. The quantitative estimate of drug-likeness (QED) is 0.579. The zero-order valence-electron chi connectivity index (χ0n) is 16.4. The Morgan fingerprint density at radius 1 is 1.04 bits per heavy atom. The predicted molar refractivity (Wildman–Crippen MR) is 110 cm³/mol. The Balaban J connectivity index is 1.50. The van der Waals surface area contributed by atoms with Crippen molar-refractivity contribution in [2.75, 3.05) is 0 Å². The molecule has 146 valence electrons. The molecule has 0 radical (unpaired) electrons. The van der Waals surface area contributed by atoms with E-state index >= 15 is 0 Å². The van der Waals surface area contributed by atoms with E-state index < -0.39 is 0 Å². The van der Waals surface area contributed by atoms with Gasteiger partial charge in [-0.1, -0.05) is 48.9 Å². The third kappa shape index (κ3) is 2.88. The highest BCUT2D eigenvalue weighted by Crippen LogP contribution is 2.50. The molecule has 28 heavy (non-hydrogen) atoms. The molecule has 0 spiro atoms. The molecule has 4 unspecified atom stereocenters. The van der Waals surface area contributed by atoms with Crippen molar-refractivity contribution in [1.29, 1.82) is 0 Å². The monoisotopic (exact) mass is 376 g/mol. The number of aliphatic hydroxyl groups excluding tert-OH is 1. The first-order valence-corrected chi connectivity index (χ1v) is 10.7. The van der Waals surface area contributed by atoms with E-state index in [1.165, 1.54) is 12.0 Å². The Morgan fingerprint density at radius 3 is 2.50 bits per heavy atom. The van der Waals surface area contributed by atoms with Gasteiger partial charge in [-0.3, -0.25) is 0 Å². The third-order valence-corrected chi connectivity index (χ3v) is 7.23. The van der Waals surface area contributed by atoms with E-state index in [1.54, 1.807) is 0 Å². The standard InChI is InChI=1S/C25H28O3/c1-25(13-3-2-4-14-25)28-24(27)21-10-6-7-17-18(21)8-5-9-19(17)22-15-16-11-12-20(22)23(16)26/h5-12,16,20,22-23,26H,2-4,13-15H2,1H3. The molecule has 3 heteroatoms. The van der Waals surface area contributed by atoms with Gasteiger partial charge in [-0.05, 0) is 67.3 Å². The average molecular weight is 376 g/mol. The fourth-order valence-electron chi connectivity index (χ4n) is 5.68. The Hall–Kier alpha value is -2.13. The molecule has 0 amide bonds. The van der Waals surface area contributed by atoms with Gasteiger partial charge >= 0.3 is 5.97 Å². The summed E-state index contributed by atoms with van der Waals surface area (Å²) < 4.78 is 6.01. The van der Waals surface area contributed by atoms with Gasteiger partial charge in [-0.2, -0.15) is 0 Å². The molecule has 2 aromatic carbocycles. The van der Waals surface area contributed by atoms with E-state index in [9.17, 15) is 9.90 Å². The topological polar surface area (TPSA) is 46.5 Å². The van der Waals surface area contributed by atoms with Crippen LogP contribution in [-0.4, -0.2) is 22.8 Å². The lowest BCUT2D eigenvalue weighted by atomic mass is 9.83. The lowest BCUT2D eigenvalue weighted by Gasteiger charge is -2.33. The summed E-state index contributed by atoms with van der Waals surface area (Å²) in [5.74, 6) is 0.563. The van der Waals surface area contributed by atoms with Crippen LogP contribution in [0.1, 0.15) is 67.3 Å². The van der Waals surface area contributed by atoms with Crippen molar-refractivity contribution in [3.05, 3.63) is 59.7 Å². The first-order valence-electron chi connectivity index (χ1n) is 10.7. The molecule has 3 nitrogen and oxygen atoms in total. The van der Waals surface area contributed by atoms with E-state index in [0.29, 0.717) is 11.5 Å². The molecule has 0 saturated heterocycles. The molecule has 2 fully saturated rings. The van der Waals surface area contributed by atoms with Crippen LogP contribution in [0.4, 0.5) is 0 Å². The van der Waals surface area contributed by atoms with Crippen molar-refractivity contribution in [2.24, 2.45) is 11.8 Å². The molecule has 1 N–H and O–H groups in total. The lowest BCUT2D eigenvalue weighted by molar-refractivity contribution is -0.0267. The molecule has 0 aromatic heterocycles. The van der Waals surface area contributed by atoms with Crippen LogP contribution in [0.5, 0.6) is 0 Å². The number of benzene rings is 2. The molecule has 0 heterocycles. The zero-order chi connectivity index (χ0) is 19.3. The van der Waals surface area contributed by atoms with Crippen molar-refractivity contribution in [3.63, 3.8) is 0 Å². The molecule has 5 rings (SSSR count). The molecule has 3 aliphatic rings. The van der Waals surface area contributed by atoms with Gasteiger partial charge in [0.25, 0.3) is 0 Å². The normalized spacial score (nSPS) is 30.6. The highest BCUT2D eigenvalue weighted by Gasteiger charge is 2.44. The minimum absolute atomic E-state index is 0.187. The van der Waals surface area contributed by atoms with E-state index in [-0.39, 0.29) is 29.5 Å². The number of fused-ring (bicyclic) bond motifs is 3. The number of hydrogen-bond acceptors (Lipinski definition) is 3. The van der Waals surface area contributed by atoms with E-state index in [4.69, 9.17) is 4.74 Å². The number of hydrogen-bond donors (Lipinski definition) is 1. The summed E-state index contributed by atoms with van der Waals surface area (Å²) >= 11 is 0.